The number of carbonyl (C=O) groups excluding carboxylic acids is 1. The standard InChI is InChI=1S/C20H25F2N5O/c1-5-14(28)27-9-12(7-6-11(27)2)26-18-15-13(8-23-17(15)24-10-25-18)16-19(3,4)20(16,21)22/h5,8,10-12,16H,1,6-7,9H2,2-4H3,(H2,23,24,25,26)/t11-,12+,16+/m0/s1. The molecule has 3 atom stereocenters. The number of carbonyl (C=O) groups is 1. The van der Waals surface area contributed by atoms with Gasteiger partial charge >= 0.3 is 0 Å². The number of hydrogen-bond donors (Lipinski definition) is 2. The number of amides is 1. The number of halogens is 2. The molecule has 2 aromatic rings. The highest BCUT2D eigenvalue weighted by Gasteiger charge is 2.75. The predicted octanol–water partition coefficient (Wildman–Crippen LogP) is 3.69. The summed E-state index contributed by atoms with van der Waals surface area (Å²) in [6, 6.07) is 0.122. The van der Waals surface area contributed by atoms with Crippen LogP contribution in [-0.2, 0) is 4.79 Å². The van der Waals surface area contributed by atoms with Gasteiger partial charge in [0.05, 0.1) is 11.3 Å². The first-order valence-corrected chi connectivity index (χ1v) is 9.57. The van der Waals surface area contributed by atoms with E-state index in [1.807, 2.05) is 6.92 Å². The normalized spacial score (nSPS) is 28.2. The molecular weight excluding hydrogens is 364 g/mol. The summed E-state index contributed by atoms with van der Waals surface area (Å²) in [5.74, 6) is -3.20. The van der Waals surface area contributed by atoms with E-state index in [4.69, 9.17) is 0 Å². The number of fused-ring (bicyclic) bond motifs is 1. The first-order valence-electron chi connectivity index (χ1n) is 9.57. The average molecular weight is 389 g/mol. The van der Waals surface area contributed by atoms with Crippen LogP contribution in [0.4, 0.5) is 14.6 Å². The van der Waals surface area contributed by atoms with E-state index in [0.717, 1.165) is 12.8 Å². The summed E-state index contributed by atoms with van der Waals surface area (Å²) in [6.07, 6.45) is 6.06. The molecule has 1 aliphatic heterocycles. The summed E-state index contributed by atoms with van der Waals surface area (Å²) < 4.78 is 28.7. The lowest BCUT2D eigenvalue weighted by atomic mass is 9.98. The van der Waals surface area contributed by atoms with Gasteiger partial charge in [-0.05, 0) is 31.4 Å². The van der Waals surface area contributed by atoms with Crippen LogP contribution in [0.1, 0.15) is 45.1 Å². The number of rotatable bonds is 4. The molecule has 1 amide bonds. The summed E-state index contributed by atoms with van der Waals surface area (Å²) in [4.78, 5) is 25.4. The van der Waals surface area contributed by atoms with Crippen LogP contribution in [0.2, 0.25) is 0 Å². The number of nitrogens with zero attached hydrogens (tertiary/aromatic N) is 3. The molecule has 0 unspecified atom stereocenters. The van der Waals surface area contributed by atoms with Crippen molar-refractivity contribution in [3.63, 3.8) is 0 Å². The number of aromatic amines is 1. The van der Waals surface area contributed by atoms with E-state index in [0.29, 0.717) is 29.0 Å². The number of hydrogen-bond acceptors (Lipinski definition) is 4. The lowest BCUT2D eigenvalue weighted by Gasteiger charge is -2.38. The molecule has 2 N–H and O–H groups in total. The van der Waals surface area contributed by atoms with Crippen molar-refractivity contribution < 1.29 is 13.6 Å². The fourth-order valence-corrected chi connectivity index (χ4v) is 4.41. The van der Waals surface area contributed by atoms with Gasteiger partial charge in [-0.25, -0.2) is 18.7 Å². The lowest BCUT2D eigenvalue weighted by molar-refractivity contribution is -0.129. The molecule has 1 saturated carbocycles. The maximum atomic E-state index is 14.3. The molecule has 0 radical (unpaired) electrons. The van der Waals surface area contributed by atoms with Crippen molar-refractivity contribution in [3.05, 3.63) is 30.7 Å². The van der Waals surface area contributed by atoms with Crippen LogP contribution in [0.25, 0.3) is 11.0 Å². The molecule has 6 nitrogen and oxygen atoms in total. The van der Waals surface area contributed by atoms with Gasteiger partial charge in [-0.1, -0.05) is 20.4 Å². The molecule has 1 aliphatic carbocycles. The predicted molar refractivity (Wildman–Crippen MR) is 103 cm³/mol. The van der Waals surface area contributed by atoms with Gasteiger partial charge in [-0.2, -0.15) is 0 Å². The molecule has 3 heterocycles. The van der Waals surface area contributed by atoms with Gasteiger partial charge in [0.25, 0.3) is 5.92 Å². The number of nitrogens with one attached hydrogen (secondary N) is 2. The van der Waals surface area contributed by atoms with E-state index in [1.165, 1.54) is 12.4 Å². The van der Waals surface area contributed by atoms with Crippen LogP contribution < -0.4 is 5.32 Å². The van der Waals surface area contributed by atoms with Crippen LogP contribution in [-0.4, -0.2) is 50.3 Å². The van der Waals surface area contributed by atoms with Gasteiger partial charge in [0, 0.05) is 30.2 Å². The molecule has 8 heteroatoms. The highest BCUT2D eigenvalue weighted by molar-refractivity contribution is 5.92. The largest absolute Gasteiger partial charge is 0.365 e. The summed E-state index contributed by atoms with van der Waals surface area (Å²) in [5, 5.41) is 3.98. The molecule has 1 saturated heterocycles. The Morgan fingerprint density at radius 3 is 2.75 bits per heavy atom. The number of aromatic nitrogens is 3. The summed E-state index contributed by atoms with van der Waals surface area (Å²) >= 11 is 0. The summed E-state index contributed by atoms with van der Waals surface area (Å²) in [6.45, 7) is 9.26. The maximum Gasteiger partial charge on any atom is 0.261 e. The third kappa shape index (κ3) is 2.69. The van der Waals surface area contributed by atoms with Gasteiger partial charge in [0.1, 0.15) is 17.8 Å². The zero-order valence-corrected chi connectivity index (χ0v) is 16.3. The van der Waals surface area contributed by atoms with Gasteiger partial charge in [-0.3, -0.25) is 4.79 Å². The molecule has 150 valence electrons. The Bertz CT molecular complexity index is 924. The second-order valence-corrected chi connectivity index (χ2v) is 8.43. The fraction of sp³-hybridized carbons (Fsp3) is 0.550. The van der Waals surface area contributed by atoms with E-state index in [9.17, 15) is 13.6 Å². The van der Waals surface area contributed by atoms with E-state index in [-0.39, 0.29) is 18.0 Å². The zero-order chi connectivity index (χ0) is 20.3. The lowest BCUT2D eigenvalue weighted by Crippen LogP contribution is -2.49. The third-order valence-corrected chi connectivity index (χ3v) is 6.35. The highest BCUT2D eigenvalue weighted by atomic mass is 19.3. The van der Waals surface area contributed by atoms with E-state index < -0.39 is 17.3 Å². The molecule has 0 aromatic carbocycles. The molecule has 2 aliphatic rings. The van der Waals surface area contributed by atoms with E-state index >= 15 is 0 Å². The smallest absolute Gasteiger partial charge is 0.261 e. The first kappa shape index (κ1) is 18.8. The number of alkyl halides is 2. The molecule has 2 fully saturated rings. The SMILES string of the molecule is C=CC(=O)N1C[C@H](Nc2ncnc3[nH]cc([C@@H]4C(C)(C)C4(F)F)c23)CC[C@@H]1C. The van der Waals surface area contributed by atoms with Crippen molar-refractivity contribution in [1.82, 2.24) is 19.9 Å². The Labute approximate surface area is 162 Å². The van der Waals surface area contributed by atoms with Gasteiger partial charge < -0.3 is 15.2 Å². The second-order valence-electron chi connectivity index (χ2n) is 8.43. The third-order valence-electron chi connectivity index (χ3n) is 6.35. The van der Waals surface area contributed by atoms with Gasteiger partial charge in [0.15, 0.2) is 0 Å². The van der Waals surface area contributed by atoms with Crippen LogP contribution >= 0.6 is 0 Å². The Morgan fingerprint density at radius 2 is 2.11 bits per heavy atom. The van der Waals surface area contributed by atoms with Crippen molar-refractivity contribution in [2.45, 2.75) is 57.5 Å². The Balaban J connectivity index is 1.64. The van der Waals surface area contributed by atoms with Crippen LogP contribution in [0.3, 0.4) is 0 Å². The maximum absolute atomic E-state index is 14.3. The quantitative estimate of drug-likeness (QED) is 0.782. The molecule has 0 spiro atoms. The van der Waals surface area contributed by atoms with Crippen molar-refractivity contribution in [2.75, 3.05) is 11.9 Å². The summed E-state index contributed by atoms with van der Waals surface area (Å²) in [5.41, 5.74) is -0.0200. The topological polar surface area (TPSA) is 73.9 Å². The Kier molecular flexibility index (Phi) is 4.21. The molecule has 28 heavy (non-hydrogen) atoms. The molecule has 2 aromatic heterocycles. The Morgan fingerprint density at radius 1 is 1.39 bits per heavy atom. The van der Waals surface area contributed by atoms with Crippen molar-refractivity contribution >= 4 is 22.8 Å². The minimum Gasteiger partial charge on any atom is -0.365 e. The van der Waals surface area contributed by atoms with E-state index in [2.05, 4.69) is 26.8 Å². The van der Waals surface area contributed by atoms with Crippen LogP contribution in [0, 0.1) is 5.41 Å². The highest BCUT2D eigenvalue weighted by Crippen LogP contribution is 2.71. The van der Waals surface area contributed by atoms with Crippen molar-refractivity contribution in [3.8, 4) is 0 Å². The number of likely N-dealkylation sites (tertiary alicyclic amines) is 1. The molecule has 4 rings (SSSR count). The van der Waals surface area contributed by atoms with Crippen molar-refractivity contribution in [2.24, 2.45) is 5.41 Å². The van der Waals surface area contributed by atoms with Gasteiger partial charge in [0.2, 0.25) is 5.91 Å². The average Bonchev–Trinajstić information content (AvgIpc) is 2.95. The molecule has 0 bridgehead atoms. The fourth-order valence-electron chi connectivity index (χ4n) is 4.41. The first-order chi connectivity index (χ1) is 13.2. The Hall–Kier alpha value is -2.51. The number of H-pyrrole nitrogens is 1. The second kappa shape index (κ2) is 6.25. The summed E-state index contributed by atoms with van der Waals surface area (Å²) in [7, 11) is 0. The minimum absolute atomic E-state index is 0.0197. The van der Waals surface area contributed by atoms with Gasteiger partial charge in [-0.15, -0.1) is 0 Å². The van der Waals surface area contributed by atoms with E-state index in [1.54, 1.807) is 24.9 Å². The number of piperidine rings is 1. The minimum atomic E-state index is -2.76. The van der Waals surface area contributed by atoms with Crippen molar-refractivity contribution in [1.29, 1.82) is 0 Å². The molecular formula is C20H25F2N5O. The van der Waals surface area contributed by atoms with Crippen LogP contribution in [0.5, 0.6) is 0 Å². The van der Waals surface area contributed by atoms with Crippen LogP contribution in [0.15, 0.2) is 25.2 Å². The zero-order valence-electron chi connectivity index (χ0n) is 16.3. The monoisotopic (exact) mass is 389 g/mol. The number of anilines is 1.